The molecule has 0 aromatic heterocycles. The zero-order valence-corrected chi connectivity index (χ0v) is 14.8. The molecule has 1 saturated heterocycles. The van der Waals surface area contributed by atoms with Crippen molar-refractivity contribution in [1.82, 2.24) is 4.90 Å². The first-order valence-corrected chi connectivity index (χ1v) is 8.61. The minimum absolute atomic E-state index is 0.109. The van der Waals surface area contributed by atoms with Gasteiger partial charge in [0, 0.05) is 5.69 Å². The molecule has 1 N–H and O–H groups in total. The number of nitrogens with zero attached hydrogens (tertiary/aromatic N) is 1. The zero-order valence-electron chi connectivity index (χ0n) is 14.8. The number of rotatable bonds is 5. The number of likely N-dealkylation sites (tertiary alicyclic amines) is 1. The lowest BCUT2D eigenvalue weighted by Crippen LogP contribution is -2.47. The number of piperidine rings is 1. The van der Waals surface area contributed by atoms with Crippen molar-refractivity contribution >= 4 is 17.6 Å². The Morgan fingerprint density at radius 3 is 2.54 bits per heavy atom. The first-order chi connectivity index (χ1) is 12.2. The molecule has 26 heavy (non-hydrogen) atoms. The van der Waals surface area contributed by atoms with Gasteiger partial charge < -0.3 is 10.1 Å². The van der Waals surface area contributed by atoms with Gasteiger partial charge in [-0.2, -0.15) is 13.2 Å². The van der Waals surface area contributed by atoms with Gasteiger partial charge in [0.25, 0.3) is 0 Å². The van der Waals surface area contributed by atoms with Crippen LogP contribution in [-0.2, 0) is 20.5 Å². The van der Waals surface area contributed by atoms with E-state index in [9.17, 15) is 22.8 Å². The van der Waals surface area contributed by atoms with Crippen LogP contribution in [0.5, 0.6) is 0 Å². The van der Waals surface area contributed by atoms with Gasteiger partial charge in [-0.3, -0.25) is 14.5 Å². The van der Waals surface area contributed by atoms with Crippen molar-refractivity contribution in [3.05, 3.63) is 29.8 Å². The summed E-state index contributed by atoms with van der Waals surface area (Å²) in [6.07, 6.45) is -3.26. The lowest BCUT2D eigenvalue weighted by molar-refractivity contribution is -0.149. The van der Waals surface area contributed by atoms with Gasteiger partial charge in [0.1, 0.15) is 0 Å². The fraction of sp³-hybridized carbons (Fsp3) is 0.556. The fourth-order valence-corrected chi connectivity index (χ4v) is 2.97. The first kappa shape index (κ1) is 20.2. The van der Waals surface area contributed by atoms with E-state index < -0.39 is 17.8 Å². The molecule has 1 amide bonds. The molecule has 5 nitrogen and oxygen atoms in total. The number of benzene rings is 1. The summed E-state index contributed by atoms with van der Waals surface area (Å²) >= 11 is 0. The zero-order chi connectivity index (χ0) is 19.3. The summed E-state index contributed by atoms with van der Waals surface area (Å²) < 4.78 is 43.3. The van der Waals surface area contributed by atoms with E-state index in [2.05, 4.69) is 5.32 Å². The summed E-state index contributed by atoms with van der Waals surface area (Å²) in [5.74, 6) is -0.753. The largest absolute Gasteiger partial charge is 0.466 e. The molecular formula is C18H23F3N2O3. The molecule has 8 heteroatoms. The Kier molecular flexibility index (Phi) is 6.63. The van der Waals surface area contributed by atoms with Crippen LogP contribution in [-0.4, -0.2) is 42.5 Å². The fourth-order valence-electron chi connectivity index (χ4n) is 2.97. The van der Waals surface area contributed by atoms with Gasteiger partial charge in [-0.1, -0.05) is 6.07 Å². The number of carbonyl (C=O) groups excluding carboxylic acids is 2. The molecule has 0 spiro atoms. The smallest absolute Gasteiger partial charge is 0.416 e. The Morgan fingerprint density at radius 2 is 1.96 bits per heavy atom. The Balaban J connectivity index is 1.91. The third-order valence-corrected chi connectivity index (χ3v) is 4.53. The Morgan fingerprint density at radius 1 is 1.31 bits per heavy atom. The molecule has 0 bridgehead atoms. The topological polar surface area (TPSA) is 58.6 Å². The van der Waals surface area contributed by atoms with E-state index in [4.69, 9.17) is 4.74 Å². The number of carbonyl (C=O) groups is 2. The average molecular weight is 372 g/mol. The monoisotopic (exact) mass is 372 g/mol. The second-order valence-corrected chi connectivity index (χ2v) is 6.31. The SMILES string of the molecule is CCOC(=O)C1CCN([C@@H](C)C(=O)Nc2cccc(C(F)(F)F)c2)CC1. The Bertz CT molecular complexity index is 641. The maximum absolute atomic E-state index is 12.8. The highest BCUT2D eigenvalue weighted by atomic mass is 19.4. The van der Waals surface area contributed by atoms with Crippen LogP contribution in [0.3, 0.4) is 0 Å². The van der Waals surface area contributed by atoms with Gasteiger partial charge >= 0.3 is 12.1 Å². The van der Waals surface area contributed by atoms with E-state index in [1.165, 1.54) is 12.1 Å². The van der Waals surface area contributed by atoms with Crippen LogP contribution in [0.15, 0.2) is 24.3 Å². The lowest BCUT2D eigenvalue weighted by Gasteiger charge is -2.34. The van der Waals surface area contributed by atoms with Gasteiger partial charge in [0.15, 0.2) is 0 Å². The highest BCUT2D eigenvalue weighted by Crippen LogP contribution is 2.30. The van der Waals surface area contributed by atoms with E-state index in [1.54, 1.807) is 13.8 Å². The van der Waals surface area contributed by atoms with E-state index in [0.29, 0.717) is 32.5 Å². The predicted octanol–water partition coefficient (Wildman–Crippen LogP) is 3.31. The molecule has 144 valence electrons. The first-order valence-electron chi connectivity index (χ1n) is 8.61. The molecule has 1 heterocycles. The maximum Gasteiger partial charge on any atom is 0.416 e. The molecule has 1 aliphatic heterocycles. The van der Waals surface area contributed by atoms with Crippen LogP contribution < -0.4 is 5.32 Å². The number of alkyl halides is 3. The predicted molar refractivity (Wildman–Crippen MR) is 90.5 cm³/mol. The molecule has 0 radical (unpaired) electrons. The highest BCUT2D eigenvalue weighted by Gasteiger charge is 2.32. The average Bonchev–Trinajstić information content (AvgIpc) is 2.61. The molecule has 1 aliphatic rings. The molecule has 1 aromatic carbocycles. The van der Waals surface area contributed by atoms with Crippen molar-refractivity contribution in [3.63, 3.8) is 0 Å². The van der Waals surface area contributed by atoms with Crippen molar-refractivity contribution in [2.24, 2.45) is 5.92 Å². The van der Waals surface area contributed by atoms with Crippen LogP contribution in [0.4, 0.5) is 18.9 Å². The molecule has 1 aromatic rings. The maximum atomic E-state index is 12.8. The second-order valence-electron chi connectivity index (χ2n) is 6.31. The van der Waals surface area contributed by atoms with Crippen molar-refractivity contribution in [2.45, 2.75) is 38.9 Å². The van der Waals surface area contributed by atoms with E-state index in [-0.39, 0.29) is 23.5 Å². The van der Waals surface area contributed by atoms with E-state index in [1.807, 2.05) is 4.90 Å². The third-order valence-electron chi connectivity index (χ3n) is 4.53. The quantitative estimate of drug-likeness (QED) is 0.806. The summed E-state index contributed by atoms with van der Waals surface area (Å²) in [5, 5.41) is 2.53. The Labute approximate surface area is 150 Å². The van der Waals surface area contributed by atoms with E-state index in [0.717, 1.165) is 12.1 Å². The minimum atomic E-state index is -4.46. The standard InChI is InChI=1S/C18H23F3N2O3/c1-3-26-17(25)13-7-9-23(10-8-13)12(2)16(24)22-15-6-4-5-14(11-15)18(19,20)21/h4-6,11-13H,3,7-10H2,1-2H3,(H,22,24)/t12-/m0/s1. The van der Waals surface area contributed by atoms with Crippen LogP contribution in [0.1, 0.15) is 32.3 Å². The minimum Gasteiger partial charge on any atom is -0.466 e. The molecule has 1 fully saturated rings. The van der Waals surface area contributed by atoms with Gasteiger partial charge in [0.05, 0.1) is 24.1 Å². The van der Waals surface area contributed by atoms with Gasteiger partial charge in [0.2, 0.25) is 5.91 Å². The molecule has 0 aliphatic carbocycles. The number of amides is 1. The molecule has 0 unspecified atom stereocenters. The van der Waals surface area contributed by atoms with Gasteiger partial charge in [-0.15, -0.1) is 0 Å². The van der Waals surface area contributed by atoms with Crippen molar-refractivity contribution in [1.29, 1.82) is 0 Å². The summed E-state index contributed by atoms with van der Waals surface area (Å²) in [6, 6.07) is 4.05. The number of esters is 1. The van der Waals surface area contributed by atoms with Crippen LogP contribution in [0.25, 0.3) is 0 Å². The van der Waals surface area contributed by atoms with Crippen molar-refractivity contribution < 1.29 is 27.5 Å². The molecular weight excluding hydrogens is 349 g/mol. The number of halogens is 3. The van der Waals surface area contributed by atoms with Crippen molar-refractivity contribution in [3.8, 4) is 0 Å². The summed E-state index contributed by atoms with van der Waals surface area (Å²) in [4.78, 5) is 26.0. The number of anilines is 1. The third kappa shape index (κ3) is 5.20. The number of ether oxygens (including phenoxy) is 1. The molecule has 2 rings (SSSR count). The number of nitrogens with one attached hydrogen (secondary N) is 1. The summed E-state index contributed by atoms with van der Waals surface area (Å²) in [5.41, 5.74) is -0.698. The number of hydrogen-bond acceptors (Lipinski definition) is 4. The summed E-state index contributed by atoms with van der Waals surface area (Å²) in [6.45, 7) is 4.91. The normalized spacial score (nSPS) is 17.6. The van der Waals surface area contributed by atoms with Crippen LogP contribution in [0.2, 0.25) is 0 Å². The highest BCUT2D eigenvalue weighted by molar-refractivity contribution is 5.94. The molecule has 1 atom stereocenters. The van der Waals surface area contributed by atoms with Crippen LogP contribution >= 0.6 is 0 Å². The van der Waals surface area contributed by atoms with Gasteiger partial charge in [-0.05, 0) is 58.0 Å². The van der Waals surface area contributed by atoms with Crippen molar-refractivity contribution in [2.75, 3.05) is 25.0 Å². The van der Waals surface area contributed by atoms with Crippen LogP contribution in [0, 0.1) is 5.92 Å². The van der Waals surface area contributed by atoms with E-state index >= 15 is 0 Å². The number of hydrogen-bond donors (Lipinski definition) is 1. The Hall–Kier alpha value is -2.09. The summed E-state index contributed by atoms with van der Waals surface area (Å²) in [7, 11) is 0. The second kappa shape index (κ2) is 8.53. The van der Waals surface area contributed by atoms with Gasteiger partial charge in [-0.25, -0.2) is 0 Å². The lowest BCUT2D eigenvalue weighted by atomic mass is 9.96. The molecule has 0 saturated carbocycles.